The van der Waals surface area contributed by atoms with Gasteiger partial charge in [0.1, 0.15) is 5.75 Å². The lowest BCUT2D eigenvalue weighted by atomic mass is 9.92. The van der Waals surface area contributed by atoms with Gasteiger partial charge in [-0.2, -0.15) is 0 Å². The number of pyridine rings is 1. The SMILES string of the molecule is COc1ccc(/C(C)=C(\CCCC(=O)NCc2ccccn2)c2ccccc2)cc1. The van der Waals surface area contributed by atoms with E-state index in [0.29, 0.717) is 13.0 Å². The summed E-state index contributed by atoms with van der Waals surface area (Å²) in [5.41, 5.74) is 5.70. The number of hydrogen-bond acceptors (Lipinski definition) is 3. The fourth-order valence-electron chi connectivity index (χ4n) is 3.41. The van der Waals surface area contributed by atoms with Gasteiger partial charge in [-0.3, -0.25) is 9.78 Å². The predicted octanol–water partition coefficient (Wildman–Crippen LogP) is 5.51. The van der Waals surface area contributed by atoms with E-state index in [0.717, 1.165) is 29.8 Å². The summed E-state index contributed by atoms with van der Waals surface area (Å²) in [6, 6.07) is 24.2. The number of carbonyl (C=O) groups is 1. The number of allylic oxidation sites excluding steroid dienone is 2. The van der Waals surface area contributed by atoms with Crippen LogP contribution in [-0.2, 0) is 11.3 Å². The van der Waals surface area contributed by atoms with Crippen molar-refractivity contribution >= 4 is 17.1 Å². The number of nitrogens with zero attached hydrogens (tertiary/aromatic N) is 1. The lowest BCUT2D eigenvalue weighted by Gasteiger charge is -2.14. The van der Waals surface area contributed by atoms with E-state index < -0.39 is 0 Å². The van der Waals surface area contributed by atoms with Gasteiger partial charge in [0, 0.05) is 12.6 Å². The molecule has 4 nitrogen and oxygen atoms in total. The summed E-state index contributed by atoms with van der Waals surface area (Å²) in [5, 5.41) is 2.95. The van der Waals surface area contributed by atoms with Gasteiger partial charge < -0.3 is 10.1 Å². The molecule has 0 saturated heterocycles. The average molecular weight is 401 g/mol. The number of rotatable bonds is 9. The maximum absolute atomic E-state index is 12.3. The third-order valence-corrected chi connectivity index (χ3v) is 5.12. The van der Waals surface area contributed by atoms with E-state index in [1.807, 2.05) is 36.4 Å². The van der Waals surface area contributed by atoms with Crippen molar-refractivity contribution in [3.05, 3.63) is 95.8 Å². The zero-order chi connectivity index (χ0) is 21.2. The van der Waals surface area contributed by atoms with Crippen molar-refractivity contribution in [2.75, 3.05) is 7.11 Å². The van der Waals surface area contributed by atoms with Crippen LogP contribution in [0.3, 0.4) is 0 Å². The summed E-state index contributed by atoms with van der Waals surface area (Å²) in [6.45, 7) is 2.61. The van der Waals surface area contributed by atoms with Crippen LogP contribution in [0.2, 0.25) is 0 Å². The molecule has 0 spiro atoms. The molecule has 0 unspecified atom stereocenters. The summed E-state index contributed by atoms with van der Waals surface area (Å²) in [5.74, 6) is 0.896. The Morgan fingerprint density at radius 2 is 1.63 bits per heavy atom. The van der Waals surface area contributed by atoms with Crippen LogP contribution in [0.1, 0.15) is 43.0 Å². The molecule has 0 bridgehead atoms. The Labute approximate surface area is 178 Å². The Hall–Kier alpha value is -3.40. The maximum atomic E-state index is 12.3. The predicted molar refractivity (Wildman–Crippen MR) is 122 cm³/mol. The highest BCUT2D eigenvalue weighted by Gasteiger charge is 2.10. The van der Waals surface area contributed by atoms with Crippen LogP contribution in [0.4, 0.5) is 0 Å². The molecule has 154 valence electrons. The van der Waals surface area contributed by atoms with E-state index in [2.05, 4.69) is 53.6 Å². The molecular formula is C26H28N2O2. The van der Waals surface area contributed by atoms with Crippen LogP contribution < -0.4 is 10.1 Å². The number of ether oxygens (including phenoxy) is 1. The first kappa shape index (κ1) is 21.3. The van der Waals surface area contributed by atoms with Crippen molar-refractivity contribution in [3.8, 4) is 5.75 Å². The van der Waals surface area contributed by atoms with Crippen molar-refractivity contribution in [1.29, 1.82) is 0 Å². The van der Waals surface area contributed by atoms with Gasteiger partial charge in [0.2, 0.25) is 5.91 Å². The zero-order valence-electron chi connectivity index (χ0n) is 17.6. The van der Waals surface area contributed by atoms with Crippen LogP contribution in [0.25, 0.3) is 11.1 Å². The Bertz CT molecular complexity index is 965. The normalized spacial score (nSPS) is 11.5. The fourth-order valence-corrected chi connectivity index (χ4v) is 3.41. The van der Waals surface area contributed by atoms with Gasteiger partial charge in [-0.05, 0) is 66.3 Å². The van der Waals surface area contributed by atoms with E-state index in [9.17, 15) is 4.79 Å². The maximum Gasteiger partial charge on any atom is 0.220 e. The Morgan fingerprint density at radius 3 is 2.30 bits per heavy atom. The van der Waals surface area contributed by atoms with Crippen molar-refractivity contribution < 1.29 is 9.53 Å². The highest BCUT2D eigenvalue weighted by atomic mass is 16.5. The summed E-state index contributed by atoms with van der Waals surface area (Å²) < 4.78 is 5.28. The first-order chi connectivity index (χ1) is 14.7. The molecule has 0 atom stereocenters. The number of hydrogen-bond donors (Lipinski definition) is 1. The van der Waals surface area contributed by atoms with Crippen LogP contribution in [0, 0.1) is 0 Å². The Kier molecular flexibility index (Phi) is 7.78. The van der Waals surface area contributed by atoms with Gasteiger partial charge in [-0.15, -0.1) is 0 Å². The minimum Gasteiger partial charge on any atom is -0.497 e. The first-order valence-corrected chi connectivity index (χ1v) is 10.2. The smallest absolute Gasteiger partial charge is 0.220 e. The number of benzene rings is 2. The van der Waals surface area contributed by atoms with Crippen LogP contribution >= 0.6 is 0 Å². The number of nitrogens with one attached hydrogen (secondary N) is 1. The summed E-state index contributed by atoms with van der Waals surface area (Å²) in [7, 11) is 1.67. The van der Waals surface area contributed by atoms with Crippen molar-refractivity contribution in [3.63, 3.8) is 0 Å². The second-order valence-electron chi connectivity index (χ2n) is 7.15. The topological polar surface area (TPSA) is 51.2 Å². The second-order valence-corrected chi connectivity index (χ2v) is 7.15. The molecule has 1 N–H and O–H groups in total. The highest BCUT2D eigenvalue weighted by molar-refractivity contribution is 5.90. The van der Waals surface area contributed by atoms with E-state index >= 15 is 0 Å². The molecule has 4 heteroatoms. The molecule has 1 amide bonds. The summed E-state index contributed by atoms with van der Waals surface area (Å²) in [6.07, 6.45) is 3.84. The van der Waals surface area contributed by atoms with E-state index in [1.54, 1.807) is 13.3 Å². The molecule has 0 aliphatic carbocycles. The van der Waals surface area contributed by atoms with Crippen LogP contribution in [0.5, 0.6) is 5.75 Å². The molecule has 0 aliphatic heterocycles. The van der Waals surface area contributed by atoms with Crippen LogP contribution in [-0.4, -0.2) is 18.0 Å². The standard InChI is InChI=1S/C26H28N2O2/c1-20(21-14-16-24(30-2)17-15-21)25(22-9-4-3-5-10-22)12-8-13-26(29)28-19-23-11-6-7-18-27-23/h3-7,9-11,14-18H,8,12-13,19H2,1-2H3,(H,28,29)/b25-20+. The minimum atomic E-state index is 0.0511. The summed E-state index contributed by atoms with van der Waals surface area (Å²) in [4.78, 5) is 16.5. The number of methoxy groups -OCH3 is 1. The quantitative estimate of drug-likeness (QED) is 0.482. The van der Waals surface area contributed by atoms with Gasteiger partial charge in [0.15, 0.2) is 0 Å². The molecule has 1 aromatic heterocycles. The molecule has 3 rings (SSSR count). The lowest BCUT2D eigenvalue weighted by Crippen LogP contribution is -2.22. The molecule has 2 aromatic carbocycles. The van der Waals surface area contributed by atoms with E-state index in [1.165, 1.54) is 16.7 Å². The third-order valence-electron chi connectivity index (χ3n) is 5.12. The zero-order valence-corrected chi connectivity index (χ0v) is 17.6. The third kappa shape index (κ3) is 6.05. The highest BCUT2D eigenvalue weighted by Crippen LogP contribution is 2.31. The van der Waals surface area contributed by atoms with Crippen molar-refractivity contribution in [2.45, 2.75) is 32.7 Å². The molecule has 0 radical (unpaired) electrons. The van der Waals surface area contributed by atoms with E-state index in [4.69, 9.17) is 4.74 Å². The Balaban J connectivity index is 1.66. The minimum absolute atomic E-state index is 0.0511. The number of amides is 1. The van der Waals surface area contributed by atoms with Gasteiger partial charge in [-0.1, -0.05) is 48.5 Å². The van der Waals surface area contributed by atoms with Gasteiger partial charge >= 0.3 is 0 Å². The summed E-state index contributed by atoms with van der Waals surface area (Å²) >= 11 is 0. The van der Waals surface area contributed by atoms with Crippen molar-refractivity contribution in [2.24, 2.45) is 0 Å². The van der Waals surface area contributed by atoms with Crippen LogP contribution in [0.15, 0.2) is 79.0 Å². The molecular weight excluding hydrogens is 372 g/mol. The monoisotopic (exact) mass is 400 g/mol. The number of carbonyl (C=O) groups excluding carboxylic acids is 1. The molecule has 30 heavy (non-hydrogen) atoms. The van der Waals surface area contributed by atoms with Gasteiger partial charge in [-0.25, -0.2) is 0 Å². The molecule has 3 aromatic rings. The van der Waals surface area contributed by atoms with E-state index in [-0.39, 0.29) is 5.91 Å². The average Bonchev–Trinajstić information content (AvgIpc) is 2.81. The van der Waals surface area contributed by atoms with Crippen molar-refractivity contribution in [1.82, 2.24) is 10.3 Å². The molecule has 0 saturated carbocycles. The largest absolute Gasteiger partial charge is 0.497 e. The lowest BCUT2D eigenvalue weighted by molar-refractivity contribution is -0.121. The second kappa shape index (κ2) is 11.0. The molecule has 0 fully saturated rings. The van der Waals surface area contributed by atoms with Gasteiger partial charge in [0.05, 0.1) is 19.3 Å². The molecule has 0 aliphatic rings. The van der Waals surface area contributed by atoms with Gasteiger partial charge in [0.25, 0.3) is 0 Å². The first-order valence-electron chi connectivity index (χ1n) is 10.2. The number of aromatic nitrogens is 1. The Morgan fingerprint density at radius 1 is 0.900 bits per heavy atom. The molecule has 1 heterocycles. The fraction of sp³-hybridized carbons (Fsp3) is 0.231.